The maximum atomic E-state index is 8.96. The molecule has 0 bridgehead atoms. The van der Waals surface area contributed by atoms with Crippen LogP contribution in [0.5, 0.6) is 0 Å². The third-order valence-electron chi connectivity index (χ3n) is 3.49. The van der Waals surface area contributed by atoms with Gasteiger partial charge in [0, 0.05) is 44.8 Å². The van der Waals surface area contributed by atoms with Gasteiger partial charge in [-0.1, -0.05) is 0 Å². The molecule has 1 saturated heterocycles. The second-order valence-electron chi connectivity index (χ2n) is 4.75. The normalized spacial score (nSPS) is 16.7. The maximum Gasteiger partial charge on any atom is 0.137 e. The van der Waals surface area contributed by atoms with E-state index in [2.05, 4.69) is 38.9 Å². The van der Waals surface area contributed by atoms with Gasteiger partial charge in [0.1, 0.15) is 18.0 Å². The lowest BCUT2D eigenvalue weighted by molar-refractivity contribution is 0.188. The molecule has 106 valence electrons. The van der Waals surface area contributed by atoms with E-state index in [1.165, 1.54) is 0 Å². The van der Waals surface area contributed by atoms with Crippen LogP contribution in [0.3, 0.4) is 0 Å². The molecule has 1 aliphatic rings. The van der Waals surface area contributed by atoms with Gasteiger partial charge in [0.05, 0.1) is 6.61 Å². The van der Waals surface area contributed by atoms with Crippen LogP contribution in [0.2, 0.25) is 0 Å². The van der Waals surface area contributed by atoms with Crippen molar-refractivity contribution in [1.82, 2.24) is 14.9 Å². The quantitative estimate of drug-likeness (QED) is 0.800. The van der Waals surface area contributed by atoms with Gasteiger partial charge in [0.2, 0.25) is 0 Å². The molecule has 2 rings (SSSR count). The van der Waals surface area contributed by atoms with Crippen molar-refractivity contribution in [2.24, 2.45) is 0 Å². The zero-order chi connectivity index (χ0) is 13.7. The number of aliphatic hydroxyl groups excluding tert-OH is 1. The minimum atomic E-state index is 0.233. The number of aliphatic hydroxyl groups is 1. The number of anilines is 2. The van der Waals surface area contributed by atoms with Crippen molar-refractivity contribution in [3.63, 3.8) is 0 Å². The molecule has 0 aromatic carbocycles. The average molecular weight is 265 g/mol. The Morgan fingerprint density at radius 2 is 2.00 bits per heavy atom. The van der Waals surface area contributed by atoms with Crippen LogP contribution in [0.25, 0.3) is 0 Å². The van der Waals surface area contributed by atoms with E-state index in [-0.39, 0.29) is 6.61 Å². The Kier molecular flexibility index (Phi) is 4.93. The first-order chi connectivity index (χ1) is 9.26. The average Bonchev–Trinajstić information content (AvgIpc) is 2.43. The lowest BCUT2D eigenvalue weighted by Gasteiger charge is -2.35. The molecular formula is C13H23N5O. The number of hydrogen-bond donors (Lipinski definition) is 2. The lowest BCUT2D eigenvalue weighted by atomic mass is 10.2. The summed E-state index contributed by atoms with van der Waals surface area (Å²) in [5.41, 5.74) is 1.11. The van der Waals surface area contributed by atoms with Crippen LogP contribution < -0.4 is 10.2 Å². The standard InChI is InChI=1S/C13H23N5O/c1-3-14-12-11(2)13(16-10-15-12)18-6-4-17(5-7-18)8-9-19/h10,19H,3-9H2,1-2H3,(H,14,15,16). The van der Waals surface area contributed by atoms with E-state index in [1.54, 1.807) is 6.33 Å². The monoisotopic (exact) mass is 265 g/mol. The van der Waals surface area contributed by atoms with E-state index in [1.807, 2.05) is 0 Å². The Hall–Kier alpha value is -1.40. The summed E-state index contributed by atoms with van der Waals surface area (Å²) >= 11 is 0. The van der Waals surface area contributed by atoms with Crippen LogP contribution >= 0.6 is 0 Å². The molecule has 0 spiro atoms. The summed E-state index contributed by atoms with van der Waals surface area (Å²) in [6.45, 7) is 9.83. The van der Waals surface area contributed by atoms with Crippen molar-refractivity contribution in [2.75, 3.05) is 56.1 Å². The first kappa shape index (κ1) is 14.0. The van der Waals surface area contributed by atoms with E-state index in [4.69, 9.17) is 5.11 Å². The second kappa shape index (κ2) is 6.68. The van der Waals surface area contributed by atoms with Crippen molar-refractivity contribution < 1.29 is 5.11 Å². The van der Waals surface area contributed by atoms with Gasteiger partial charge in [-0.2, -0.15) is 0 Å². The number of rotatable bonds is 5. The summed E-state index contributed by atoms with van der Waals surface area (Å²) in [6, 6.07) is 0. The smallest absolute Gasteiger partial charge is 0.137 e. The maximum absolute atomic E-state index is 8.96. The third kappa shape index (κ3) is 3.33. The molecule has 0 aliphatic carbocycles. The van der Waals surface area contributed by atoms with Crippen LogP contribution in [0, 0.1) is 6.92 Å². The van der Waals surface area contributed by atoms with Gasteiger partial charge in [-0.3, -0.25) is 4.90 Å². The van der Waals surface area contributed by atoms with Gasteiger partial charge in [-0.15, -0.1) is 0 Å². The molecule has 0 atom stereocenters. The highest BCUT2D eigenvalue weighted by Gasteiger charge is 2.20. The molecule has 6 heteroatoms. The number of nitrogens with one attached hydrogen (secondary N) is 1. The molecular weight excluding hydrogens is 242 g/mol. The van der Waals surface area contributed by atoms with Gasteiger partial charge >= 0.3 is 0 Å². The Morgan fingerprint density at radius 1 is 1.26 bits per heavy atom. The van der Waals surface area contributed by atoms with E-state index in [9.17, 15) is 0 Å². The van der Waals surface area contributed by atoms with Crippen molar-refractivity contribution in [1.29, 1.82) is 0 Å². The van der Waals surface area contributed by atoms with Crippen molar-refractivity contribution in [2.45, 2.75) is 13.8 Å². The minimum absolute atomic E-state index is 0.233. The molecule has 1 aromatic heterocycles. The van der Waals surface area contributed by atoms with Crippen LogP contribution in [-0.4, -0.2) is 65.8 Å². The fourth-order valence-electron chi connectivity index (χ4n) is 2.43. The molecule has 0 unspecified atom stereocenters. The van der Waals surface area contributed by atoms with Crippen LogP contribution in [0.4, 0.5) is 11.6 Å². The van der Waals surface area contributed by atoms with Gasteiger partial charge < -0.3 is 15.3 Å². The summed E-state index contributed by atoms with van der Waals surface area (Å²) in [7, 11) is 0. The molecule has 1 fully saturated rings. The Labute approximate surface area is 114 Å². The van der Waals surface area contributed by atoms with Crippen molar-refractivity contribution in [3.8, 4) is 0 Å². The molecule has 0 radical (unpaired) electrons. The largest absolute Gasteiger partial charge is 0.395 e. The van der Waals surface area contributed by atoms with Gasteiger partial charge in [0.15, 0.2) is 0 Å². The highest BCUT2D eigenvalue weighted by atomic mass is 16.3. The second-order valence-corrected chi connectivity index (χ2v) is 4.75. The van der Waals surface area contributed by atoms with Crippen molar-refractivity contribution >= 4 is 11.6 Å². The zero-order valence-electron chi connectivity index (χ0n) is 11.8. The van der Waals surface area contributed by atoms with E-state index in [0.717, 1.165) is 56.5 Å². The van der Waals surface area contributed by atoms with Gasteiger partial charge in [0.25, 0.3) is 0 Å². The van der Waals surface area contributed by atoms with E-state index in [0.29, 0.717) is 0 Å². The highest BCUT2D eigenvalue weighted by molar-refractivity contribution is 5.58. The number of piperazine rings is 1. The van der Waals surface area contributed by atoms with Crippen LogP contribution in [-0.2, 0) is 0 Å². The van der Waals surface area contributed by atoms with Crippen LogP contribution in [0.1, 0.15) is 12.5 Å². The minimum Gasteiger partial charge on any atom is -0.395 e. The fourth-order valence-corrected chi connectivity index (χ4v) is 2.43. The summed E-state index contributed by atoms with van der Waals surface area (Å²) in [4.78, 5) is 13.3. The topological polar surface area (TPSA) is 64.5 Å². The first-order valence-electron chi connectivity index (χ1n) is 6.90. The lowest BCUT2D eigenvalue weighted by Crippen LogP contribution is -2.47. The third-order valence-corrected chi connectivity index (χ3v) is 3.49. The van der Waals surface area contributed by atoms with E-state index < -0.39 is 0 Å². The molecule has 0 amide bonds. The highest BCUT2D eigenvalue weighted by Crippen LogP contribution is 2.22. The predicted octanol–water partition coefficient (Wildman–Crippen LogP) is 0.331. The summed E-state index contributed by atoms with van der Waals surface area (Å²) in [5.74, 6) is 1.94. The molecule has 2 N–H and O–H groups in total. The predicted molar refractivity (Wildman–Crippen MR) is 76.7 cm³/mol. The van der Waals surface area contributed by atoms with Crippen molar-refractivity contribution in [3.05, 3.63) is 11.9 Å². The molecule has 2 heterocycles. The number of aromatic nitrogens is 2. The number of β-amino-alcohol motifs (C(OH)–C–C–N with tert-alkyl or cyclic N) is 1. The first-order valence-corrected chi connectivity index (χ1v) is 6.90. The zero-order valence-corrected chi connectivity index (χ0v) is 11.8. The fraction of sp³-hybridized carbons (Fsp3) is 0.692. The summed E-state index contributed by atoms with van der Waals surface area (Å²) in [5, 5.41) is 12.2. The molecule has 19 heavy (non-hydrogen) atoms. The van der Waals surface area contributed by atoms with Crippen LogP contribution in [0.15, 0.2) is 6.33 Å². The molecule has 6 nitrogen and oxygen atoms in total. The van der Waals surface area contributed by atoms with Gasteiger partial charge in [-0.25, -0.2) is 9.97 Å². The Morgan fingerprint density at radius 3 is 2.63 bits per heavy atom. The molecule has 1 aromatic rings. The Bertz CT molecular complexity index is 404. The van der Waals surface area contributed by atoms with E-state index >= 15 is 0 Å². The molecule has 0 saturated carbocycles. The number of nitrogens with zero attached hydrogens (tertiary/aromatic N) is 4. The SMILES string of the molecule is CCNc1ncnc(N2CCN(CCO)CC2)c1C. The van der Waals surface area contributed by atoms with Gasteiger partial charge in [-0.05, 0) is 13.8 Å². The Balaban J connectivity index is 2.05. The summed E-state index contributed by atoms with van der Waals surface area (Å²) < 4.78 is 0. The summed E-state index contributed by atoms with van der Waals surface area (Å²) in [6.07, 6.45) is 1.63. The molecule has 1 aliphatic heterocycles. The number of hydrogen-bond acceptors (Lipinski definition) is 6.